The molecule has 0 fully saturated rings. The van der Waals surface area contributed by atoms with Gasteiger partial charge in [-0.2, -0.15) is 0 Å². The molecule has 0 spiro atoms. The molecule has 2 nitrogen and oxygen atoms in total. The van der Waals surface area contributed by atoms with Crippen molar-refractivity contribution in [3.8, 4) is 11.8 Å². The van der Waals surface area contributed by atoms with Crippen molar-refractivity contribution in [2.24, 2.45) is 5.92 Å². The summed E-state index contributed by atoms with van der Waals surface area (Å²) in [6, 6.07) is 9.49. The molecule has 1 aromatic rings. The van der Waals surface area contributed by atoms with Crippen LogP contribution in [0.3, 0.4) is 0 Å². The van der Waals surface area contributed by atoms with Gasteiger partial charge in [0, 0.05) is 17.9 Å². The summed E-state index contributed by atoms with van der Waals surface area (Å²) in [5.41, 5.74) is -0.331. The molecule has 0 saturated carbocycles. The third kappa shape index (κ3) is 2.64. The predicted molar refractivity (Wildman–Crippen MR) is 66.2 cm³/mol. The minimum Gasteiger partial charge on any atom is -0.374 e. The summed E-state index contributed by atoms with van der Waals surface area (Å²) in [5, 5.41) is 10.3. The molecule has 0 aliphatic heterocycles. The lowest BCUT2D eigenvalue weighted by atomic mass is 9.81. The third-order valence-corrected chi connectivity index (χ3v) is 2.96. The van der Waals surface area contributed by atoms with E-state index >= 15 is 0 Å². The van der Waals surface area contributed by atoms with Crippen LogP contribution in [-0.4, -0.2) is 16.5 Å². The molecule has 0 bridgehead atoms. The lowest BCUT2D eigenvalue weighted by molar-refractivity contribution is -0.117. The van der Waals surface area contributed by atoms with Gasteiger partial charge in [-0.25, -0.2) is 0 Å². The highest BCUT2D eigenvalue weighted by molar-refractivity contribution is 5.91. The van der Waals surface area contributed by atoms with Crippen LogP contribution < -0.4 is 0 Å². The minimum atomic E-state index is -1.19. The van der Waals surface area contributed by atoms with Gasteiger partial charge in [-0.1, -0.05) is 37.0 Å². The molecule has 1 aromatic carbocycles. The first-order valence-corrected chi connectivity index (χ1v) is 5.63. The summed E-state index contributed by atoms with van der Waals surface area (Å²) >= 11 is 0. The van der Waals surface area contributed by atoms with Crippen molar-refractivity contribution in [2.75, 3.05) is 0 Å². The maximum absolute atomic E-state index is 11.2. The first-order valence-electron chi connectivity index (χ1n) is 5.63. The van der Waals surface area contributed by atoms with Crippen molar-refractivity contribution in [1.29, 1.82) is 0 Å². The lowest BCUT2D eigenvalue weighted by Gasteiger charge is -2.28. The Morgan fingerprint density at radius 1 is 1.35 bits per heavy atom. The first-order chi connectivity index (χ1) is 8.10. The largest absolute Gasteiger partial charge is 0.374 e. The van der Waals surface area contributed by atoms with Crippen LogP contribution in [0.2, 0.25) is 0 Å². The quantitative estimate of drug-likeness (QED) is 0.686. The molecule has 2 rings (SSSR count). The van der Waals surface area contributed by atoms with Gasteiger partial charge in [-0.15, -0.1) is 0 Å². The van der Waals surface area contributed by atoms with Crippen molar-refractivity contribution < 1.29 is 9.90 Å². The van der Waals surface area contributed by atoms with Gasteiger partial charge in [0.25, 0.3) is 0 Å². The second kappa shape index (κ2) is 4.57. The zero-order valence-electron chi connectivity index (χ0n) is 9.68. The molecule has 2 unspecified atom stereocenters. The van der Waals surface area contributed by atoms with Gasteiger partial charge in [0.05, 0.1) is 0 Å². The van der Waals surface area contributed by atoms with E-state index in [-0.39, 0.29) is 11.7 Å². The number of benzene rings is 1. The van der Waals surface area contributed by atoms with E-state index in [4.69, 9.17) is 0 Å². The highest BCUT2D eigenvalue weighted by Gasteiger charge is 2.33. The van der Waals surface area contributed by atoms with Gasteiger partial charge in [-0.3, -0.25) is 4.79 Å². The Labute approximate surface area is 101 Å². The first kappa shape index (κ1) is 11.6. The Morgan fingerprint density at radius 2 is 2.06 bits per heavy atom. The van der Waals surface area contributed by atoms with Crippen LogP contribution in [-0.2, 0) is 4.79 Å². The number of rotatable bonds is 0. The van der Waals surface area contributed by atoms with E-state index in [1.807, 2.05) is 37.3 Å². The number of carbonyl (C=O) groups is 1. The van der Waals surface area contributed by atoms with Gasteiger partial charge < -0.3 is 5.11 Å². The van der Waals surface area contributed by atoms with E-state index in [1.54, 1.807) is 0 Å². The average molecular weight is 226 g/mol. The molecular formula is C15H14O2. The summed E-state index contributed by atoms with van der Waals surface area (Å²) in [7, 11) is 0. The summed E-state index contributed by atoms with van der Waals surface area (Å²) in [6.07, 6.45) is 3.26. The van der Waals surface area contributed by atoms with Crippen LogP contribution in [0.4, 0.5) is 0 Å². The Kier molecular flexibility index (Phi) is 3.12. The number of aliphatic hydroxyl groups is 1. The fraction of sp³-hybridized carbons (Fsp3) is 0.267. The smallest absolute Gasteiger partial charge is 0.155 e. The second-order valence-corrected chi connectivity index (χ2v) is 4.35. The SMILES string of the molecule is CC1CC(=O)C=CC1(O)C#Cc1ccccc1. The molecule has 2 atom stereocenters. The number of ketones is 1. The van der Waals surface area contributed by atoms with Gasteiger partial charge in [0.15, 0.2) is 5.78 Å². The zero-order valence-corrected chi connectivity index (χ0v) is 9.68. The highest BCUT2D eigenvalue weighted by Crippen LogP contribution is 2.26. The number of hydrogen-bond acceptors (Lipinski definition) is 2. The molecular weight excluding hydrogens is 212 g/mol. The monoisotopic (exact) mass is 226 g/mol. The standard InChI is InChI=1S/C15H14O2/c1-12-11-14(16)8-10-15(12,17)9-7-13-5-3-2-4-6-13/h2-6,8,10,12,17H,11H2,1H3. The molecule has 0 heterocycles. The Bertz CT molecular complexity index is 505. The molecule has 1 aliphatic rings. The fourth-order valence-corrected chi connectivity index (χ4v) is 1.77. The van der Waals surface area contributed by atoms with Crippen LogP contribution in [0.5, 0.6) is 0 Å². The average Bonchev–Trinajstić information content (AvgIpc) is 2.34. The third-order valence-electron chi connectivity index (χ3n) is 2.96. The van der Waals surface area contributed by atoms with Crippen LogP contribution >= 0.6 is 0 Å². The highest BCUT2D eigenvalue weighted by atomic mass is 16.3. The molecule has 17 heavy (non-hydrogen) atoms. The number of allylic oxidation sites excluding steroid dienone is 1. The van der Waals surface area contributed by atoms with Gasteiger partial charge in [0.2, 0.25) is 0 Å². The normalized spacial score (nSPS) is 27.4. The van der Waals surface area contributed by atoms with Crippen LogP contribution in [0.1, 0.15) is 18.9 Å². The number of carbonyl (C=O) groups excluding carboxylic acids is 1. The van der Waals surface area contributed by atoms with E-state index in [1.165, 1.54) is 12.2 Å². The van der Waals surface area contributed by atoms with Gasteiger partial charge >= 0.3 is 0 Å². The maximum Gasteiger partial charge on any atom is 0.155 e. The van der Waals surface area contributed by atoms with E-state index in [0.29, 0.717) is 6.42 Å². The number of hydrogen-bond donors (Lipinski definition) is 1. The summed E-state index contributed by atoms with van der Waals surface area (Å²) in [4.78, 5) is 11.2. The van der Waals surface area contributed by atoms with Crippen molar-refractivity contribution in [3.63, 3.8) is 0 Å². The molecule has 2 heteroatoms. The topological polar surface area (TPSA) is 37.3 Å². The molecule has 0 aromatic heterocycles. The maximum atomic E-state index is 11.2. The van der Waals surface area contributed by atoms with E-state index in [0.717, 1.165) is 5.56 Å². The summed E-state index contributed by atoms with van der Waals surface area (Å²) < 4.78 is 0. The van der Waals surface area contributed by atoms with Crippen molar-refractivity contribution in [2.45, 2.75) is 18.9 Å². The molecule has 0 radical (unpaired) electrons. The van der Waals surface area contributed by atoms with E-state index in [2.05, 4.69) is 11.8 Å². The Hall–Kier alpha value is -1.85. The van der Waals surface area contributed by atoms with Crippen molar-refractivity contribution in [1.82, 2.24) is 0 Å². The lowest BCUT2D eigenvalue weighted by Crippen LogP contribution is -2.36. The minimum absolute atomic E-state index is 0.0451. The summed E-state index contributed by atoms with van der Waals surface area (Å²) in [6.45, 7) is 1.83. The summed E-state index contributed by atoms with van der Waals surface area (Å²) in [5.74, 6) is 5.66. The second-order valence-electron chi connectivity index (χ2n) is 4.35. The van der Waals surface area contributed by atoms with Crippen LogP contribution in [0, 0.1) is 17.8 Å². The molecule has 86 valence electrons. The molecule has 1 N–H and O–H groups in total. The molecule has 0 saturated heterocycles. The van der Waals surface area contributed by atoms with Gasteiger partial charge in [-0.05, 0) is 24.3 Å². The van der Waals surface area contributed by atoms with Crippen LogP contribution in [0.25, 0.3) is 0 Å². The predicted octanol–water partition coefficient (Wildman–Crippen LogP) is 1.93. The van der Waals surface area contributed by atoms with Gasteiger partial charge in [0.1, 0.15) is 5.60 Å². The van der Waals surface area contributed by atoms with Crippen molar-refractivity contribution in [3.05, 3.63) is 48.0 Å². The Balaban J connectivity index is 2.27. The Morgan fingerprint density at radius 3 is 2.71 bits per heavy atom. The van der Waals surface area contributed by atoms with E-state index < -0.39 is 5.60 Å². The zero-order chi connectivity index (χ0) is 12.3. The molecule has 1 aliphatic carbocycles. The van der Waals surface area contributed by atoms with Crippen molar-refractivity contribution >= 4 is 5.78 Å². The van der Waals surface area contributed by atoms with E-state index in [9.17, 15) is 9.90 Å². The fourth-order valence-electron chi connectivity index (χ4n) is 1.77. The molecule has 0 amide bonds. The van der Waals surface area contributed by atoms with Crippen LogP contribution in [0.15, 0.2) is 42.5 Å².